The number of halogens is 1. The molecule has 0 aromatic heterocycles. The van der Waals surface area contributed by atoms with Crippen LogP contribution in [0.1, 0.15) is 33.6 Å². The van der Waals surface area contributed by atoms with Crippen molar-refractivity contribution < 1.29 is 14.3 Å². The standard InChI is InChI=1S/C10H13ClO3/c1-8(2)9(3)4-5-10(8,6(11)12)14-7(9)13/h4-5H2,1-3H3. The molecule has 2 fully saturated rings. The average molecular weight is 217 g/mol. The first-order valence-corrected chi connectivity index (χ1v) is 5.09. The topological polar surface area (TPSA) is 43.4 Å². The van der Waals surface area contributed by atoms with E-state index in [0.29, 0.717) is 12.8 Å². The van der Waals surface area contributed by atoms with Crippen LogP contribution >= 0.6 is 11.6 Å². The summed E-state index contributed by atoms with van der Waals surface area (Å²) in [5, 5.41) is -0.544. The molecule has 2 rings (SSSR count). The van der Waals surface area contributed by atoms with Crippen LogP contribution in [0.3, 0.4) is 0 Å². The van der Waals surface area contributed by atoms with E-state index in [9.17, 15) is 9.59 Å². The molecule has 0 aromatic rings. The van der Waals surface area contributed by atoms with E-state index >= 15 is 0 Å². The van der Waals surface area contributed by atoms with Gasteiger partial charge in [0.25, 0.3) is 5.24 Å². The molecule has 0 spiro atoms. The lowest BCUT2D eigenvalue weighted by atomic mass is 9.67. The third kappa shape index (κ3) is 0.724. The smallest absolute Gasteiger partial charge is 0.313 e. The maximum atomic E-state index is 11.6. The normalized spacial score (nSPS) is 43.9. The Morgan fingerprint density at radius 3 is 2.14 bits per heavy atom. The lowest BCUT2D eigenvalue weighted by Crippen LogP contribution is -2.45. The van der Waals surface area contributed by atoms with Gasteiger partial charge in [-0.3, -0.25) is 9.59 Å². The number of ether oxygens (including phenoxy) is 1. The molecule has 0 radical (unpaired) electrons. The molecule has 1 saturated carbocycles. The number of carbonyl (C=O) groups excluding carboxylic acids is 2. The zero-order valence-corrected chi connectivity index (χ0v) is 9.27. The Morgan fingerprint density at radius 1 is 1.36 bits per heavy atom. The van der Waals surface area contributed by atoms with E-state index in [0.717, 1.165) is 0 Å². The minimum absolute atomic E-state index is 0.289. The van der Waals surface area contributed by atoms with Gasteiger partial charge in [-0.2, -0.15) is 0 Å². The van der Waals surface area contributed by atoms with Crippen molar-refractivity contribution in [1.82, 2.24) is 0 Å². The van der Waals surface area contributed by atoms with Gasteiger partial charge in [-0.05, 0) is 31.4 Å². The van der Waals surface area contributed by atoms with Gasteiger partial charge in [0.15, 0.2) is 5.60 Å². The van der Waals surface area contributed by atoms with Crippen LogP contribution in [0.5, 0.6) is 0 Å². The molecule has 4 heteroatoms. The predicted octanol–water partition coefficient (Wildman–Crippen LogP) is 1.87. The molecular formula is C10H13ClO3. The first kappa shape index (κ1) is 9.97. The van der Waals surface area contributed by atoms with Gasteiger partial charge in [-0.1, -0.05) is 13.8 Å². The summed E-state index contributed by atoms with van der Waals surface area (Å²) in [6.07, 6.45) is 1.22. The lowest BCUT2D eigenvalue weighted by Gasteiger charge is -2.33. The number of carbonyl (C=O) groups is 2. The fraction of sp³-hybridized carbons (Fsp3) is 0.800. The highest BCUT2D eigenvalue weighted by Gasteiger charge is 2.75. The van der Waals surface area contributed by atoms with Crippen molar-refractivity contribution in [2.24, 2.45) is 10.8 Å². The second kappa shape index (κ2) is 2.32. The predicted molar refractivity (Wildman–Crippen MR) is 50.8 cm³/mol. The Hall–Kier alpha value is -0.570. The number of hydrogen-bond acceptors (Lipinski definition) is 3. The first-order chi connectivity index (χ1) is 6.28. The van der Waals surface area contributed by atoms with E-state index in [1.165, 1.54) is 0 Å². The summed E-state index contributed by atoms with van der Waals surface area (Å²) in [5.74, 6) is -0.289. The van der Waals surface area contributed by atoms with E-state index in [1.54, 1.807) is 0 Å². The monoisotopic (exact) mass is 216 g/mol. The average Bonchev–Trinajstić information content (AvgIpc) is 2.34. The van der Waals surface area contributed by atoms with Gasteiger partial charge in [-0.25, -0.2) is 0 Å². The van der Waals surface area contributed by atoms with Gasteiger partial charge in [0.2, 0.25) is 0 Å². The molecule has 14 heavy (non-hydrogen) atoms. The van der Waals surface area contributed by atoms with Crippen molar-refractivity contribution in [3.8, 4) is 0 Å². The molecule has 1 aliphatic heterocycles. The SMILES string of the molecule is CC12CCC(C(=O)Cl)(OC1=O)C2(C)C. The summed E-state index contributed by atoms with van der Waals surface area (Å²) in [6.45, 7) is 5.61. The van der Waals surface area contributed by atoms with Gasteiger partial charge < -0.3 is 4.74 Å². The maximum absolute atomic E-state index is 11.6. The van der Waals surface area contributed by atoms with Crippen LogP contribution in [0.2, 0.25) is 0 Å². The fourth-order valence-electron chi connectivity index (χ4n) is 2.69. The Bertz CT molecular complexity index is 336. The highest BCUT2D eigenvalue weighted by molar-refractivity contribution is 6.65. The van der Waals surface area contributed by atoms with Crippen LogP contribution in [-0.2, 0) is 14.3 Å². The molecule has 3 nitrogen and oxygen atoms in total. The third-order valence-corrected chi connectivity index (χ3v) is 4.71. The summed E-state index contributed by atoms with van der Waals surface area (Å²) < 4.78 is 5.21. The van der Waals surface area contributed by atoms with E-state index in [-0.39, 0.29) is 5.97 Å². The van der Waals surface area contributed by atoms with Crippen molar-refractivity contribution in [3.05, 3.63) is 0 Å². The second-order valence-corrected chi connectivity index (χ2v) is 5.29. The molecule has 2 aliphatic rings. The molecule has 78 valence electrons. The van der Waals surface area contributed by atoms with Crippen molar-refractivity contribution in [2.75, 3.05) is 0 Å². The molecule has 2 unspecified atom stereocenters. The zero-order valence-electron chi connectivity index (χ0n) is 8.52. The van der Waals surface area contributed by atoms with Crippen molar-refractivity contribution >= 4 is 22.8 Å². The number of rotatable bonds is 1. The van der Waals surface area contributed by atoms with Crippen molar-refractivity contribution in [1.29, 1.82) is 0 Å². The minimum Gasteiger partial charge on any atom is -0.449 e. The molecule has 1 heterocycles. The minimum atomic E-state index is -1.08. The van der Waals surface area contributed by atoms with Gasteiger partial charge in [0, 0.05) is 5.41 Å². The summed E-state index contributed by atoms with van der Waals surface area (Å²) in [4.78, 5) is 23.1. The highest BCUT2D eigenvalue weighted by Crippen LogP contribution is 2.66. The van der Waals surface area contributed by atoms with Gasteiger partial charge in [-0.15, -0.1) is 0 Å². The molecule has 2 bridgehead atoms. The second-order valence-electron chi connectivity index (χ2n) is 4.95. The van der Waals surface area contributed by atoms with Gasteiger partial charge >= 0.3 is 5.97 Å². The van der Waals surface area contributed by atoms with Gasteiger partial charge in [0.05, 0.1) is 5.41 Å². The van der Waals surface area contributed by atoms with Crippen LogP contribution in [-0.4, -0.2) is 16.8 Å². The molecule has 1 saturated heterocycles. The number of hydrogen-bond donors (Lipinski definition) is 0. The van der Waals surface area contributed by atoms with Crippen molar-refractivity contribution in [2.45, 2.75) is 39.2 Å². The number of fused-ring (bicyclic) bond motifs is 2. The summed E-state index contributed by atoms with van der Waals surface area (Å²) in [6, 6.07) is 0. The summed E-state index contributed by atoms with van der Waals surface area (Å²) >= 11 is 5.56. The van der Waals surface area contributed by atoms with Crippen LogP contribution < -0.4 is 0 Å². The van der Waals surface area contributed by atoms with Crippen LogP contribution in [0.4, 0.5) is 0 Å². The zero-order chi connectivity index (χ0) is 10.8. The molecule has 1 aliphatic carbocycles. The van der Waals surface area contributed by atoms with Crippen LogP contribution in [0, 0.1) is 10.8 Å². The van der Waals surface area contributed by atoms with Crippen LogP contribution in [0.15, 0.2) is 0 Å². The number of esters is 1. The lowest BCUT2D eigenvalue weighted by molar-refractivity contribution is -0.164. The molecule has 2 atom stereocenters. The third-order valence-electron chi connectivity index (χ3n) is 4.40. The Balaban J connectivity index is 2.60. The molecule has 0 N–H and O–H groups in total. The van der Waals surface area contributed by atoms with Crippen molar-refractivity contribution in [3.63, 3.8) is 0 Å². The van der Waals surface area contributed by atoms with E-state index in [1.807, 2.05) is 20.8 Å². The first-order valence-electron chi connectivity index (χ1n) is 4.71. The van der Waals surface area contributed by atoms with E-state index in [4.69, 9.17) is 16.3 Å². The Labute approximate surface area is 87.8 Å². The van der Waals surface area contributed by atoms with E-state index in [2.05, 4.69) is 0 Å². The van der Waals surface area contributed by atoms with E-state index < -0.39 is 21.7 Å². The quantitative estimate of drug-likeness (QED) is 0.497. The molecule has 0 amide bonds. The maximum Gasteiger partial charge on any atom is 0.313 e. The Morgan fingerprint density at radius 2 is 1.93 bits per heavy atom. The van der Waals surface area contributed by atoms with Crippen LogP contribution in [0.25, 0.3) is 0 Å². The fourth-order valence-corrected chi connectivity index (χ4v) is 3.06. The Kier molecular flexibility index (Phi) is 1.65. The molecular weight excluding hydrogens is 204 g/mol. The highest BCUT2D eigenvalue weighted by atomic mass is 35.5. The molecule has 0 aromatic carbocycles. The van der Waals surface area contributed by atoms with Gasteiger partial charge in [0.1, 0.15) is 0 Å². The summed E-state index contributed by atoms with van der Waals surface area (Å²) in [5.41, 5.74) is -2.14. The largest absolute Gasteiger partial charge is 0.449 e. The summed E-state index contributed by atoms with van der Waals surface area (Å²) in [7, 11) is 0.